The van der Waals surface area contributed by atoms with Crippen LogP contribution in [0, 0.1) is 13.8 Å². The number of nitrogens with zero attached hydrogens (tertiary/aromatic N) is 3. The molecule has 130 valence electrons. The number of rotatable bonds is 3. The molecule has 5 nitrogen and oxygen atoms in total. The van der Waals surface area contributed by atoms with E-state index in [0.29, 0.717) is 12.3 Å². The van der Waals surface area contributed by atoms with Gasteiger partial charge in [0.15, 0.2) is 5.76 Å². The lowest BCUT2D eigenvalue weighted by molar-refractivity contribution is 0.0755. The molecular formula is C21H19N3O2. The number of aromatic nitrogens is 2. The topological polar surface area (TPSA) is 59.2 Å². The zero-order valence-electron chi connectivity index (χ0n) is 15.0. The van der Waals surface area contributed by atoms with E-state index in [0.717, 1.165) is 38.7 Å². The van der Waals surface area contributed by atoms with Gasteiger partial charge in [-0.05, 0) is 43.2 Å². The highest BCUT2D eigenvalue weighted by Crippen LogP contribution is 2.27. The lowest BCUT2D eigenvalue weighted by Gasteiger charge is -2.16. The highest BCUT2D eigenvalue weighted by Gasteiger charge is 2.21. The van der Waals surface area contributed by atoms with Gasteiger partial charge < -0.3 is 9.32 Å². The Hall–Kier alpha value is -3.21. The fourth-order valence-corrected chi connectivity index (χ4v) is 3.16. The molecule has 0 aliphatic rings. The first kappa shape index (κ1) is 16.3. The number of furan rings is 1. The van der Waals surface area contributed by atoms with Crippen molar-refractivity contribution in [3.05, 3.63) is 71.2 Å². The fraction of sp³-hybridized carbons (Fsp3) is 0.190. The number of fused-ring (bicyclic) bond motifs is 2. The number of benzene rings is 2. The molecule has 4 aromatic rings. The number of hydrogen-bond donors (Lipinski definition) is 0. The first-order chi connectivity index (χ1) is 12.5. The first-order valence-corrected chi connectivity index (χ1v) is 8.48. The number of amides is 1. The minimum Gasteiger partial charge on any atom is -0.451 e. The molecule has 0 radical (unpaired) electrons. The van der Waals surface area contributed by atoms with Crippen LogP contribution in [-0.4, -0.2) is 27.8 Å². The van der Waals surface area contributed by atoms with Gasteiger partial charge in [0.1, 0.15) is 5.58 Å². The Morgan fingerprint density at radius 2 is 1.81 bits per heavy atom. The van der Waals surface area contributed by atoms with Crippen molar-refractivity contribution in [2.45, 2.75) is 20.4 Å². The number of hydrogen-bond acceptors (Lipinski definition) is 4. The van der Waals surface area contributed by atoms with Gasteiger partial charge in [0, 0.05) is 36.9 Å². The summed E-state index contributed by atoms with van der Waals surface area (Å²) in [7, 11) is 1.78. The molecule has 0 aliphatic carbocycles. The van der Waals surface area contributed by atoms with Crippen molar-refractivity contribution < 1.29 is 9.21 Å². The van der Waals surface area contributed by atoms with Crippen molar-refractivity contribution in [2.75, 3.05) is 7.05 Å². The van der Waals surface area contributed by atoms with Crippen LogP contribution in [0.15, 0.2) is 53.2 Å². The Morgan fingerprint density at radius 3 is 2.62 bits per heavy atom. The monoisotopic (exact) mass is 345 g/mol. The Morgan fingerprint density at radius 1 is 1.04 bits per heavy atom. The van der Waals surface area contributed by atoms with Crippen molar-refractivity contribution in [3.8, 4) is 0 Å². The van der Waals surface area contributed by atoms with Crippen LogP contribution >= 0.6 is 0 Å². The number of aryl methyl sites for hydroxylation is 2. The SMILES string of the molecule is Cc1ccc2c(C)c(C(=O)N(C)Cc3ccc4nccnc4c3)oc2c1. The van der Waals surface area contributed by atoms with Crippen LogP contribution in [0.4, 0.5) is 0 Å². The van der Waals surface area contributed by atoms with Crippen molar-refractivity contribution in [1.29, 1.82) is 0 Å². The molecule has 0 unspecified atom stereocenters. The fourth-order valence-electron chi connectivity index (χ4n) is 3.16. The average molecular weight is 345 g/mol. The van der Waals surface area contributed by atoms with Crippen molar-refractivity contribution in [2.24, 2.45) is 0 Å². The van der Waals surface area contributed by atoms with Crippen LogP contribution in [0.25, 0.3) is 22.0 Å². The van der Waals surface area contributed by atoms with E-state index < -0.39 is 0 Å². The molecule has 0 spiro atoms. The van der Waals surface area contributed by atoms with Gasteiger partial charge in [-0.1, -0.05) is 18.2 Å². The summed E-state index contributed by atoms with van der Waals surface area (Å²) in [5.41, 5.74) is 5.39. The molecule has 26 heavy (non-hydrogen) atoms. The lowest BCUT2D eigenvalue weighted by Crippen LogP contribution is -2.26. The molecule has 0 bridgehead atoms. The van der Waals surface area contributed by atoms with Crippen molar-refractivity contribution >= 4 is 27.9 Å². The molecule has 0 saturated carbocycles. The van der Waals surface area contributed by atoms with E-state index in [4.69, 9.17) is 4.42 Å². The smallest absolute Gasteiger partial charge is 0.289 e. The average Bonchev–Trinajstić information content (AvgIpc) is 2.96. The third-order valence-electron chi connectivity index (χ3n) is 4.59. The Balaban J connectivity index is 1.62. The maximum Gasteiger partial charge on any atom is 0.289 e. The van der Waals surface area contributed by atoms with Gasteiger partial charge in [-0.15, -0.1) is 0 Å². The van der Waals surface area contributed by atoms with Crippen LogP contribution in [0.2, 0.25) is 0 Å². The van der Waals surface area contributed by atoms with E-state index in [-0.39, 0.29) is 5.91 Å². The largest absolute Gasteiger partial charge is 0.451 e. The standard InChI is InChI=1S/C21H19N3O2/c1-13-4-6-16-14(2)20(26-19(16)10-13)21(25)24(3)12-15-5-7-17-18(11-15)23-9-8-22-17/h4-11H,12H2,1-3H3. The van der Waals surface area contributed by atoms with Crippen LogP contribution in [0.5, 0.6) is 0 Å². The molecule has 1 amide bonds. The summed E-state index contributed by atoms with van der Waals surface area (Å²) in [6.45, 7) is 4.41. The van der Waals surface area contributed by atoms with Crippen molar-refractivity contribution in [3.63, 3.8) is 0 Å². The quantitative estimate of drug-likeness (QED) is 0.556. The van der Waals surface area contributed by atoms with E-state index >= 15 is 0 Å². The van der Waals surface area contributed by atoms with Gasteiger partial charge in [0.2, 0.25) is 0 Å². The summed E-state index contributed by atoms with van der Waals surface area (Å²) < 4.78 is 5.86. The van der Waals surface area contributed by atoms with E-state index in [1.54, 1.807) is 24.3 Å². The van der Waals surface area contributed by atoms with Crippen LogP contribution in [-0.2, 0) is 6.54 Å². The molecule has 0 N–H and O–H groups in total. The van der Waals surface area contributed by atoms with E-state index in [9.17, 15) is 4.79 Å². The molecule has 0 atom stereocenters. The molecule has 0 fully saturated rings. The Bertz CT molecular complexity index is 1130. The second-order valence-corrected chi connectivity index (χ2v) is 6.60. The van der Waals surface area contributed by atoms with Gasteiger partial charge in [-0.25, -0.2) is 0 Å². The molecule has 2 heterocycles. The zero-order chi connectivity index (χ0) is 18.3. The summed E-state index contributed by atoms with van der Waals surface area (Å²) >= 11 is 0. The predicted octanol–water partition coefficient (Wildman–Crippen LogP) is 4.27. The third kappa shape index (κ3) is 2.81. The Kier molecular flexibility index (Phi) is 3.92. The second-order valence-electron chi connectivity index (χ2n) is 6.60. The number of carbonyl (C=O) groups is 1. The highest BCUT2D eigenvalue weighted by molar-refractivity contribution is 5.98. The second kappa shape index (κ2) is 6.26. The molecule has 5 heteroatoms. The summed E-state index contributed by atoms with van der Waals surface area (Å²) in [5.74, 6) is 0.268. The maximum absolute atomic E-state index is 12.9. The Labute approximate surface area is 151 Å². The van der Waals surface area contributed by atoms with E-state index in [1.165, 1.54) is 0 Å². The summed E-state index contributed by atoms with van der Waals surface area (Å²) in [6, 6.07) is 11.8. The summed E-state index contributed by atoms with van der Waals surface area (Å²) in [5, 5.41) is 0.980. The first-order valence-electron chi connectivity index (χ1n) is 8.48. The van der Waals surface area contributed by atoms with Crippen LogP contribution in [0.3, 0.4) is 0 Å². The van der Waals surface area contributed by atoms with Gasteiger partial charge in [-0.3, -0.25) is 14.8 Å². The molecule has 0 aliphatic heterocycles. The third-order valence-corrected chi connectivity index (χ3v) is 4.59. The molecule has 2 aromatic carbocycles. The van der Waals surface area contributed by atoms with E-state index in [1.807, 2.05) is 50.2 Å². The molecule has 2 aromatic heterocycles. The minimum absolute atomic E-state index is 0.129. The van der Waals surface area contributed by atoms with Crippen LogP contribution in [0.1, 0.15) is 27.2 Å². The van der Waals surface area contributed by atoms with Crippen molar-refractivity contribution in [1.82, 2.24) is 14.9 Å². The van der Waals surface area contributed by atoms with Gasteiger partial charge >= 0.3 is 0 Å². The zero-order valence-corrected chi connectivity index (χ0v) is 15.0. The number of carbonyl (C=O) groups excluding carboxylic acids is 1. The molecule has 4 rings (SSSR count). The van der Waals surface area contributed by atoms with Gasteiger partial charge in [0.05, 0.1) is 11.0 Å². The van der Waals surface area contributed by atoms with Gasteiger partial charge in [-0.2, -0.15) is 0 Å². The van der Waals surface area contributed by atoms with E-state index in [2.05, 4.69) is 9.97 Å². The summed E-state index contributed by atoms with van der Waals surface area (Å²) in [6.07, 6.45) is 3.34. The minimum atomic E-state index is -0.129. The molecule has 0 saturated heterocycles. The van der Waals surface area contributed by atoms with Crippen LogP contribution < -0.4 is 0 Å². The normalized spacial score (nSPS) is 11.2. The maximum atomic E-state index is 12.9. The predicted molar refractivity (Wildman–Crippen MR) is 101 cm³/mol. The summed E-state index contributed by atoms with van der Waals surface area (Å²) in [4.78, 5) is 23.1. The molecular weight excluding hydrogens is 326 g/mol. The van der Waals surface area contributed by atoms with Gasteiger partial charge in [0.25, 0.3) is 5.91 Å². The lowest BCUT2D eigenvalue weighted by atomic mass is 10.1. The highest BCUT2D eigenvalue weighted by atomic mass is 16.3.